The Hall–Kier alpha value is -5.55. The molecule has 42 heavy (non-hydrogen) atoms. The molecular formula is C24H27N3O15. The normalized spacial score (nSPS) is 18.1. The zero-order valence-electron chi connectivity index (χ0n) is 21.6. The molecule has 0 aliphatic heterocycles. The lowest BCUT2D eigenvalue weighted by Gasteiger charge is -2.33. The van der Waals surface area contributed by atoms with Crippen molar-refractivity contribution in [2.45, 2.75) is 19.3 Å². The number of carbonyl (C=O) groups is 3. The van der Waals surface area contributed by atoms with Crippen LogP contribution in [0.1, 0.15) is 19.3 Å². The Labute approximate surface area is 235 Å². The summed E-state index contributed by atoms with van der Waals surface area (Å²) < 4.78 is 16.7. The van der Waals surface area contributed by atoms with E-state index in [0.717, 1.165) is 36.4 Å². The first-order valence-electron chi connectivity index (χ1n) is 12.3. The molecule has 0 bridgehead atoms. The van der Waals surface area contributed by atoms with E-state index in [1.54, 1.807) is 0 Å². The molecule has 18 heteroatoms. The predicted octanol–water partition coefficient (Wildman–Crippen LogP) is 1.45. The van der Waals surface area contributed by atoms with E-state index in [0.29, 0.717) is 33.5 Å². The molecule has 0 atom stereocenters. The summed E-state index contributed by atoms with van der Waals surface area (Å²) in [5, 5.41) is 57.6. The number of hydrogen-bond acceptors (Lipinski definition) is 15. The van der Waals surface area contributed by atoms with Crippen molar-refractivity contribution in [3.05, 3.63) is 36.4 Å². The molecule has 3 aromatic heterocycles. The van der Waals surface area contributed by atoms with E-state index in [1.807, 2.05) is 0 Å². The number of ether oxygens (including phenoxy) is 3. The third-order valence-corrected chi connectivity index (χ3v) is 6.20. The second-order valence-corrected chi connectivity index (χ2v) is 9.29. The standard InChI is InChI=1S/C24H27N3O15/c28-16-1-2-17(29)25(16)40-22(34)37-10-13-7-14(11-38-23(35)41-26-18(30)3-4-19(26)31)9-15(8-13)12-39-24(36)42-27-20(32)5-6-21(27)33/h1-6,13-15,28-33H,7-12H2. The summed E-state index contributed by atoms with van der Waals surface area (Å²) in [4.78, 5) is 50.6. The predicted molar refractivity (Wildman–Crippen MR) is 131 cm³/mol. The number of carbonyl (C=O) groups excluding carboxylic acids is 3. The van der Waals surface area contributed by atoms with Crippen molar-refractivity contribution in [1.82, 2.24) is 14.2 Å². The molecule has 1 saturated carbocycles. The monoisotopic (exact) mass is 597 g/mol. The molecule has 228 valence electrons. The molecule has 18 nitrogen and oxygen atoms in total. The maximum atomic E-state index is 12.1. The van der Waals surface area contributed by atoms with Gasteiger partial charge in [0.1, 0.15) is 0 Å². The van der Waals surface area contributed by atoms with Gasteiger partial charge in [-0.15, -0.1) is 14.2 Å². The minimum absolute atomic E-state index is 0.195. The van der Waals surface area contributed by atoms with E-state index < -0.39 is 53.7 Å². The quantitative estimate of drug-likeness (QED) is 0.151. The lowest BCUT2D eigenvalue weighted by Crippen LogP contribution is -2.34. The van der Waals surface area contributed by atoms with Crippen molar-refractivity contribution in [1.29, 1.82) is 0 Å². The van der Waals surface area contributed by atoms with Crippen LogP contribution in [0.25, 0.3) is 0 Å². The van der Waals surface area contributed by atoms with E-state index in [2.05, 4.69) is 0 Å². The molecule has 0 radical (unpaired) electrons. The Kier molecular flexibility index (Phi) is 8.93. The van der Waals surface area contributed by atoms with Crippen LogP contribution in [0.3, 0.4) is 0 Å². The summed E-state index contributed by atoms with van der Waals surface area (Å²) in [6, 6.07) is 6.54. The van der Waals surface area contributed by atoms with Gasteiger partial charge < -0.3 is 44.8 Å². The van der Waals surface area contributed by atoms with Crippen LogP contribution >= 0.6 is 0 Å². The summed E-state index contributed by atoms with van der Waals surface area (Å²) in [7, 11) is 0. The fourth-order valence-corrected chi connectivity index (χ4v) is 4.46. The molecule has 0 aromatic carbocycles. The number of rotatable bonds is 9. The fraction of sp³-hybridized carbons (Fsp3) is 0.375. The van der Waals surface area contributed by atoms with Crippen LogP contribution in [0.2, 0.25) is 0 Å². The van der Waals surface area contributed by atoms with Crippen LogP contribution in [-0.4, -0.2) is 83.1 Å². The number of aromatic hydroxyl groups is 6. The maximum absolute atomic E-state index is 12.1. The maximum Gasteiger partial charge on any atom is 0.533 e. The van der Waals surface area contributed by atoms with Crippen molar-refractivity contribution in [2.24, 2.45) is 17.8 Å². The Balaban J connectivity index is 1.33. The number of nitrogens with zero attached hydrogens (tertiary/aromatic N) is 3. The lowest BCUT2D eigenvalue weighted by molar-refractivity contribution is -0.0116. The summed E-state index contributed by atoms with van der Waals surface area (Å²) in [6.07, 6.45) is -2.58. The van der Waals surface area contributed by atoms with Crippen LogP contribution < -0.4 is 14.5 Å². The summed E-state index contributed by atoms with van der Waals surface area (Å²) >= 11 is 0. The van der Waals surface area contributed by atoms with E-state index in [9.17, 15) is 45.0 Å². The second kappa shape index (κ2) is 12.7. The Morgan fingerprint density at radius 2 is 0.714 bits per heavy atom. The SMILES string of the molecule is O=C(OCC1CC(COC(=O)On2c(O)ccc2O)CC(COC(=O)On2c(O)ccc2O)C1)On1c(O)ccc1O. The van der Waals surface area contributed by atoms with E-state index in [4.69, 9.17) is 28.7 Å². The molecule has 3 aromatic rings. The van der Waals surface area contributed by atoms with Gasteiger partial charge in [-0.25, -0.2) is 14.4 Å². The number of hydrogen-bond donors (Lipinski definition) is 6. The molecule has 1 aliphatic rings. The topological polar surface area (TPSA) is 243 Å². The molecule has 0 spiro atoms. The van der Waals surface area contributed by atoms with Gasteiger partial charge in [-0.3, -0.25) is 14.5 Å². The fourth-order valence-electron chi connectivity index (χ4n) is 4.46. The molecule has 4 rings (SSSR count). The Bertz CT molecular complexity index is 1180. The smallest absolute Gasteiger partial charge is 0.492 e. The highest BCUT2D eigenvalue weighted by Crippen LogP contribution is 2.34. The van der Waals surface area contributed by atoms with Crippen LogP contribution in [-0.2, 0) is 14.2 Å². The van der Waals surface area contributed by atoms with Gasteiger partial charge in [0.05, 0.1) is 19.8 Å². The third kappa shape index (κ3) is 7.34. The molecule has 6 N–H and O–H groups in total. The average Bonchev–Trinajstić information content (AvgIpc) is 3.57. The molecular weight excluding hydrogens is 570 g/mol. The minimum atomic E-state index is -1.23. The van der Waals surface area contributed by atoms with Crippen molar-refractivity contribution in [3.63, 3.8) is 0 Å². The minimum Gasteiger partial charge on any atom is -0.492 e. The van der Waals surface area contributed by atoms with Crippen LogP contribution in [0.4, 0.5) is 14.4 Å². The van der Waals surface area contributed by atoms with Crippen molar-refractivity contribution >= 4 is 18.5 Å². The van der Waals surface area contributed by atoms with Crippen molar-refractivity contribution < 1.29 is 73.7 Å². The zero-order valence-corrected chi connectivity index (χ0v) is 21.6. The largest absolute Gasteiger partial charge is 0.533 e. The highest BCUT2D eigenvalue weighted by atomic mass is 16.8. The molecule has 0 saturated heterocycles. The van der Waals surface area contributed by atoms with Crippen molar-refractivity contribution in [2.75, 3.05) is 19.8 Å². The van der Waals surface area contributed by atoms with Gasteiger partial charge in [0.2, 0.25) is 35.3 Å². The van der Waals surface area contributed by atoms with Gasteiger partial charge in [0.25, 0.3) is 0 Å². The van der Waals surface area contributed by atoms with Crippen LogP contribution in [0, 0.1) is 17.8 Å². The van der Waals surface area contributed by atoms with Gasteiger partial charge >= 0.3 is 18.5 Å². The van der Waals surface area contributed by atoms with Gasteiger partial charge in [-0.05, 0) is 37.0 Å². The molecule has 1 fully saturated rings. The van der Waals surface area contributed by atoms with Crippen molar-refractivity contribution in [3.8, 4) is 35.3 Å². The Morgan fingerprint density at radius 1 is 0.500 bits per heavy atom. The first-order chi connectivity index (χ1) is 20.0. The highest BCUT2D eigenvalue weighted by Gasteiger charge is 2.32. The van der Waals surface area contributed by atoms with Gasteiger partial charge in [-0.2, -0.15) is 0 Å². The van der Waals surface area contributed by atoms with Crippen LogP contribution in [0.5, 0.6) is 35.3 Å². The van der Waals surface area contributed by atoms with E-state index in [1.165, 1.54) is 0 Å². The Morgan fingerprint density at radius 3 is 0.929 bits per heavy atom. The molecule has 3 heterocycles. The lowest BCUT2D eigenvalue weighted by atomic mass is 9.76. The summed E-state index contributed by atoms with van der Waals surface area (Å²) in [5.74, 6) is -4.34. The van der Waals surface area contributed by atoms with Crippen LogP contribution in [0.15, 0.2) is 36.4 Å². The van der Waals surface area contributed by atoms with E-state index in [-0.39, 0.29) is 37.6 Å². The number of aromatic nitrogens is 3. The van der Waals surface area contributed by atoms with E-state index >= 15 is 0 Å². The first kappa shape index (κ1) is 29.4. The van der Waals surface area contributed by atoms with Gasteiger partial charge in [0, 0.05) is 36.4 Å². The van der Waals surface area contributed by atoms with Gasteiger partial charge in [0.15, 0.2) is 0 Å². The summed E-state index contributed by atoms with van der Waals surface area (Å²) in [5.41, 5.74) is 0. The average molecular weight is 597 g/mol. The van der Waals surface area contributed by atoms with Gasteiger partial charge in [-0.1, -0.05) is 0 Å². The molecule has 0 unspecified atom stereocenters. The summed E-state index contributed by atoms with van der Waals surface area (Å²) in [6.45, 7) is -0.584. The first-order valence-corrected chi connectivity index (χ1v) is 12.3. The molecule has 0 amide bonds. The zero-order chi connectivity index (χ0) is 30.4. The molecule has 1 aliphatic carbocycles. The highest BCUT2D eigenvalue weighted by molar-refractivity contribution is 5.61. The third-order valence-electron chi connectivity index (χ3n) is 6.20. The second-order valence-electron chi connectivity index (χ2n) is 9.29.